The number of esters is 1. The van der Waals surface area contributed by atoms with Gasteiger partial charge >= 0.3 is 12.0 Å². The van der Waals surface area contributed by atoms with Gasteiger partial charge < -0.3 is 14.8 Å². The lowest BCUT2D eigenvalue weighted by atomic mass is 10.1. The van der Waals surface area contributed by atoms with E-state index in [4.69, 9.17) is 21.1 Å². The van der Waals surface area contributed by atoms with Crippen molar-refractivity contribution in [2.45, 2.75) is 39.3 Å². The number of hydrogen-bond donors (Lipinski definition) is 2. The molecule has 0 fully saturated rings. The molecule has 1 aromatic rings. The SMILES string of the molecule is CC(C)NC(=O)NC(=O)COC(=O)C(C)(C)Oc1ccc(Cl)cc1. The Bertz CT molecular complexity index is 599. The number of carbonyl (C=O) groups excluding carboxylic acids is 3. The van der Waals surface area contributed by atoms with E-state index in [0.29, 0.717) is 10.8 Å². The highest BCUT2D eigenvalue weighted by molar-refractivity contribution is 6.30. The van der Waals surface area contributed by atoms with Gasteiger partial charge in [-0.05, 0) is 52.0 Å². The minimum Gasteiger partial charge on any atom is -0.476 e. The van der Waals surface area contributed by atoms with Crippen molar-refractivity contribution in [1.82, 2.24) is 10.6 Å². The lowest BCUT2D eigenvalue weighted by Gasteiger charge is -2.24. The van der Waals surface area contributed by atoms with Crippen LogP contribution in [0.2, 0.25) is 5.02 Å². The van der Waals surface area contributed by atoms with Gasteiger partial charge in [-0.2, -0.15) is 0 Å². The third-order valence-corrected chi connectivity index (χ3v) is 2.94. The Labute approximate surface area is 145 Å². The van der Waals surface area contributed by atoms with Gasteiger partial charge in [0.15, 0.2) is 12.2 Å². The first-order chi connectivity index (χ1) is 11.1. The van der Waals surface area contributed by atoms with E-state index in [-0.39, 0.29) is 6.04 Å². The Morgan fingerprint density at radius 1 is 1.17 bits per heavy atom. The molecule has 0 saturated heterocycles. The molecule has 0 saturated carbocycles. The van der Waals surface area contributed by atoms with E-state index >= 15 is 0 Å². The summed E-state index contributed by atoms with van der Waals surface area (Å²) in [5, 5.41) is 5.08. The van der Waals surface area contributed by atoms with Crippen LogP contribution in [0.3, 0.4) is 0 Å². The summed E-state index contributed by atoms with van der Waals surface area (Å²) in [6.45, 7) is 5.93. The molecule has 24 heavy (non-hydrogen) atoms. The second-order valence-electron chi connectivity index (χ2n) is 5.82. The van der Waals surface area contributed by atoms with Gasteiger partial charge in [-0.3, -0.25) is 10.1 Å². The zero-order valence-electron chi connectivity index (χ0n) is 14.0. The molecule has 0 radical (unpaired) electrons. The van der Waals surface area contributed by atoms with Gasteiger partial charge in [0.1, 0.15) is 5.75 Å². The largest absolute Gasteiger partial charge is 0.476 e. The minimum atomic E-state index is -1.31. The first-order valence-corrected chi connectivity index (χ1v) is 7.70. The molecule has 0 aliphatic rings. The molecule has 0 aliphatic carbocycles. The lowest BCUT2D eigenvalue weighted by Crippen LogP contribution is -2.45. The first-order valence-electron chi connectivity index (χ1n) is 7.32. The molecule has 0 aromatic heterocycles. The van der Waals surface area contributed by atoms with E-state index in [1.54, 1.807) is 38.1 Å². The average molecular weight is 357 g/mol. The molecule has 3 amide bonds. The molecule has 0 aliphatic heterocycles. The number of nitrogens with one attached hydrogen (secondary N) is 2. The summed E-state index contributed by atoms with van der Waals surface area (Å²) in [4.78, 5) is 35.0. The molecule has 8 heteroatoms. The summed E-state index contributed by atoms with van der Waals surface area (Å²) in [7, 11) is 0. The van der Waals surface area contributed by atoms with Crippen LogP contribution in [0.15, 0.2) is 24.3 Å². The van der Waals surface area contributed by atoms with E-state index in [0.717, 1.165) is 0 Å². The van der Waals surface area contributed by atoms with Crippen LogP contribution in [0, 0.1) is 0 Å². The summed E-state index contributed by atoms with van der Waals surface area (Å²) in [6.07, 6.45) is 0. The second-order valence-corrected chi connectivity index (χ2v) is 6.26. The summed E-state index contributed by atoms with van der Waals surface area (Å²) in [6, 6.07) is 5.70. The third-order valence-electron chi connectivity index (χ3n) is 2.69. The van der Waals surface area contributed by atoms with Gasteiger partial charge in [0.05, 0.1) is 0 Å². The van der Waals surface area contributed by atoms with Crippen LogP contribution < -0.4 is 15.4 Å². The van der Waals surface area contributed by atoms with Crippen LogP contribution in [0.4, 0.5) is 4.79 Å². The van der Waals surface area contributed by atoms with E-state index in [1.165, 1.54) is 13.8 Å². The Morgan fingerprint density at radius 3 is 2.29 bits per heavy atom. The van der Waals surface area contributed by atoms with E-state index in [9.17, 15) is 14.4 Å². The molecule has 132 valence electrons. The summed E-state index contributed by atoms with van der Waals surface area (Å²) >= 11 is 5.78. The summed E-state index contributed by atoms with van der Waals surface area (Å²) in [5.74, 6) is -1.04. The van der Waals surface area contributed by atoms with Gasteiger partial charge in [-0.1, -0.05) is 11.6 Å². The number of amides is 3. The highest BCUT2D eigenvalue weighted by Crippen LogP contribution is 2.21. The molecule has 1 rings (SSSR count). The fourth-order valence-electron chi connectivity index (χ4n) is 1.60. The third kappa shape index (κ3) is 6.87. The molecule has 1 aromatic carbocycles. The lowest BCUT2D eigenvalue weighted by molar-refractivity contribution is -0.161. The quantitative estimate of drug-likeness (QED) is 0.762. The van der Waals surface area contributed by atoms with Crippen molar-refractivity contribution < 1.29 is 23.9 Å². The maximum absolute atomic E-state index is 12.1. The maximum atomic E-state index is 12.1. The van der Waals surface area contributed by atoms with Crippen LogP contribution in [-0.2, 0) is 14.3 Å². The molecule has 0 unspecified atom stereocenters. The highest BCUT2D eigenvalue weighted by atomic mass is 35.5. The van der Waals surface area contributed by atoms with Crippen molar-refractivity contribution in [3.8, 4) is 5.75 Å². The number of imide groups is 1. The van der Waals surface area contributed by atoms with E-state index in [2.05, 4.69) is 10.6 Å². The standard InChI is InChI=1S/C16H21ClN2O5/c1-10(2)18-15(22)19-13(20)9-23-14(21)16(3,4)24-12-7-5-11(17)6-8-12/h5-8,10H,9H2,1-4H3,(H2,18,19,20,22). The van der Waals surface area contributed by atoms with Crippen LogP contribution in [0.25, 0.3) is 0 Å². The van der Waals surface area contributed by atoms with E-state index in [1.807, 2.05) is 0 Å². The van der Waals surface area contributed by atoms with Crippen molar-refractivity contribution in [3.05, 3.63) is 29.3 Å². The Kier molecular flexibility index (Phi) is 7.03. The Morgan fingerprint density at radius 2 is 1.75 bits per heavy atom. The molecule has 7 nitrogen and oxygen atoms in total. The van der Waals surface area contributed by atoms with Crippen LogP contribution in [-0.4, -0.2) is 36.2 Å². The van der Waals surface area contributed by atoms with Crippen molar-refractivity contribution in [2.75, 3.05) is 6.61 Å². The molecular weight excluding hydrogens is 336 g/mol. The number of rotatable bonds is 6. The predicted octanol–water partition coefficient (Wildman–Crippen LogP) is 2.27. The van der Waals surface area contributed by atoms with Crippen LogP contribution in [0.1, 0.15) is 27.7 Å². The fraction of sp³-hybridized carbons (Fsp3) is 0.438. The molecule has 0 heterocycles. The number of carbonyl (C=O) groups is 3. The number of hydrogen-bond acceptors (Lipinski definition) is 5. The van der Waals surface area contributed by atoms with Gasteiger partial charge in [-0.15, -0.1) is 0 Å². The van der Waals surface area contributed by atoms with Crippen molar-refractivity contribution >= 4 is 29.5 Å². The Hall–Kier alpha value is -2.28. The second kappa shape index (κ2) is 8.54. The van der Waals surface area contributed by atoms with Crippen molar-refractivity contribution in [1.29, 1.82) is 0 Å². The Balaban J connectivity index is 2.49. The maximum Gasteiger partial charge on any atom is 0.350 e. The topological polar surface area (TPSA) is 93.7 Å². The first kappa shape index (κ1) is 19.8. The molecule has 0 atom stereocenters. The number of urea groups is 1. The van der Waals surface area contributed by atoms with Crippen molar-refractivity contribution in [3.63, 3.8) is 0 Å². The van der Waals surface area contributed by atoms with Gasteiger partial charge in [0.25, 0.3) is 5.91 Å². The van der Waals surface area contributed by atoms with Gasteiger partial charge in [-0.25, -0.2) is 9.59 Å². The fourth-order valence-corrected chi connectivity index (χ4v) is 1.73. The van der Waals surface area contributed by atoms with E-state index < -0.39 is 30.1 Å². The van der Waals surface area contributed by atoms with Crippen LogP contribution in [0.5, 0.6) is 5.75 Å². The zero-order chi connectivity index (χ0) is 18.3. The molecule has 0 spiro atoms. The van der Waals surface area contributed by atoms with Gasteiger partial charge in [0.2, 0.25) is 0 Å². The number of benzene rings is 1. The smallest absolute Gasteiger partial charge is 0.350 e. The predicted molar refractivity (Wildman–Crippen MR) is 88.9 cm³/mol. The normalized spacial score (nSPS) is 10.9. The summed E-state index contributed by atoms with van der Waals surface area (Å²) < 4.78 is 10.4. The zero-order valence-corrected chi connectivity index (χ0v) is 14.8. The summed E-state index contributed by atoms with van der Waals surface area (Å²) in [5.41, 5.74) is -1.31. The van der Waals surface area contributed by atoms with Gasteiger partial charge in [0, 0.05) is 11.1 Å². The molecule has 2 N–H and O–H groups in total. The average Bonchev–Trinajstić information content (AvgIpc) is 2.45. The van der Waals surface area contributed by atoms with Crippen molar-refractivity contribution in [2.24, 2.45) is 0 Å². The molecular formula is C16H21ClN2O5. The number of halogens is 1. The van der Waals surface area contributed by atoms with Crippen LogP contribution >= 0.6 is 11.6 Å². The minimum absolute atomic E-state index is 0.118. The monoisotopic (exact) mass is 356 g/mol. The molecule has 0 bridgehead atoms. The highest BCUT2D eigenvalue weighted by Gasteiger charge is 2.32. The number of ether oxygens (including phenoxy) is 2.